The summed E-state index contributed by atoms with van der Waals surface area (Å²) in [6.45, 7) is 6.47. The van der Waals surface area contributed by atoms with Crippen LogP contribution in [0.3, 0.4) is 0 Å². The Bertz CT molecular complexity index is 299. The third-order valence-corrected chi connectivity index (χ3v) is 2.63. The molecule has 0 N–H and O–H groups in total. The predicted octanol–water partition coefficient (Wildman–Crippen LogP) is 3.24. The zero-order valence-corrected chi connectivity index (χ0v) is 10.5. The molecule has 0 saturated carbocycles. The van der Waals surface area contributed by atoms with Crippen molar-refractivity contribution in [3.05, 3.63) is 23.8 Å². The second kappa shape index (κ2) is 6.06. The molecule has 0 aliphatic rings. The van der Waals surface area contributed by atoms with Gasteiger partial charge in [-0.3, -0.25) is 0 Å². The van der Waals surface area contributed by atoms with Gasteiger partial charge in [0.25, 0.3) is 0 Å². The summed E-state index contributed by atoms with van der Waals surface area (Å²) in [5, 5.41) is 0.185. The molecule has 0 aliphatic heterocycles. The zero-order valence-electron chi connectivity index (χ0n) is 9.70. The predicted molar refractivity (Wildman–Crippen MR) is 64.2 cm³/mol. The fourth-order valence-electron chi connectivity index (χ4n) is 1.57. The molecular weight excluding hydrogens is 208 g/mol. The number of hydrogen-bond donors (Lipinski definition) is 0. The van der Waals surface area contributed by atoms with E-state index in [-0.39, 0.29) is 5.38 Å². The van der Waals surface area contributed by atoms with E-state index in [0.717, 1.165) is 30.7 Å². The van der Waals surface area contributed by atoms with Gasteiger partial charge in [-0.1, -0.05) is 20.8 Å². The third kappa shape index (κ3) is 4.61. The van der Waals surface area contributed by atoms with E-state index >= 15 is 0 Å². The minimum atomic E-state index is 0.185. The number of aromatic nitrogens is 2. The van der Waals surface area contributed by atoms with E-state index in [2.05, 4.69) is 36.8 Å². The Morgan fingerprint density at radius 1 is 1.27 bits per heavy atom. The van der Waals surface area contributed by atoms with Gasteiger partial charge in [-0.15, -0.1) is 11.6 Å². The van der Waals surface area contributed by atoms with E-state index in [0.29, 0.717) is 5.92 Å². The topological polar surface area (TPSA) is 25.8 Å². The van der Waals surface area contributed by atoms with Gasteiger partial charge in [0.2, 0.25) is 0 Å². The first-order valence-electron chi connectivity index (χ1n) is 5.55. The first-order valence-corrected chi connectivity index (χ1v) is 5.99. The average Bonchev–Trinajstić information content (AvgIpc) is 2.16. The molecule has 1 aromatic rings. The van der Waals surface area contributed by atoms with E-state index in [1.54, 1.807) is 6.33 Å². The van der Waals surface area contributed by atoms with Crippen LogP contribution in [0.5, 0.6) is 0 Å². The largest absolute Gasteiger partial charge is 0.241 e. The van der Waals surface area contributed by atoms with Gasteiger partial charge in [-0.2, -0.15) is 0 Å². The number of halogens is 1. The van der Waals surface area contributed by atoms with Crippen molar-refractivity contribution in [1.29, 1.82) is 0 Å². The molecule has 0 spiro atoms. The number of aryl methyl sites for hydroxylation is 1. The molecule has 0 fully saturated rings. The lowest BCUT2D eigenvalue weighted by atomic mass is 10.0. The molecule has 0 bridgehead atoms. The summed E-state index contributed by atoms with van der Waals surface area (Å²) in [4.78, 5) is 8.41. The number of hydrogen-bond acceptors (Lipinski definition) is 2. The standard InChI is InChI=1S/C12H19ClN2/c1-4-11-7-12(15-8-14-11)6-10(13)5-9(2)3/h7-10H,4-6H2,1-3H3. The van der Waals surface area contributed by atoms with Crippen molar-refractivity contribution in [2.75, 3.05) is 0 Å². The first-order chi connectivity index (χ1) is 7.11. The van der Waals surface area contributed by atoms with Gasteiger partial charge in [-0.25, -0.2) is 9.97 Å². The Morgan fingerprint density at radius 3 is 2.53 bits per heavy atom. The van der Waals surface area contributed by atoms with E-state index in [1.165, 1.54) is 0 Å². The highest BCUT2D eigenvalue weighted by Gasteiger charge is 2.09. The monoisotopic (exact) mass is 226 g/mol. The van der Waals surface area contributed by atoms with E-state index in [4.69, 9.17) is 11.6 Å². The van der Waals surface area contributed by atoms with Gasteiger partial charge in [0.15, 0.2) is 0 Å². The molecule has 1 heterocycles. The SMILES string of the molecule is CCc1cc(CC(Cl)CC(C)C)ncn1. The van der Waals surface area contributed by atoms with Gasteiger partial charge in [0.05, 0.1) is 0 Å². The van der Waals surface area contributed by atoms with E-state index < -0.39 is 0 Å². The summed E-state index contributed by atoms with van der Waals surface area (Å²) in [6, 6.07) is 2.05. The van der Waals surface area contributed by atoms with Gasteiger partial charge in [-0.05, 0) is 24.8 Å². The van der Waals surface area contributed by atoms with Crippen molar-refractivity contribution in [3.8, 4) is 0 Å². The van der Waals surface area contributed by atoms with Crippen LogP contribution in [-0.4, -0.2) is 15.3 Å². The summed E-state index contributed by atoms with van der Waals surface area (Å²) < 4.78 is 0. The molecule has 0 aromatic carbocycles. The quantitative estimate of drug-likeness (QED) is 0.721. The van der Waals surface area contributed by atoms with Crippen LogP contribution in [0.1, 0.15) is 38.6 Å². The third-order valence-electron chi connectivity index (χ3n) is 2.30. The van der Waals surface area contributed by atoms with Crippen molar-refractivity contribution in [2.24, 2.45) is 5.92 Å². The second-order valence-electron chi connectivity index (χ2n) is 4.29. The molecular formula is C12H19ClN2. The fraction of sp³-hybridized carbons (Fsp3) is 0.667. The van der Waals surface area contributed by atoms with Crippen LogP contribution in [0, 0.1) is 5.92 Å². The van der Waals surface area contributed by atoms with Crippen molar-refractivity contribution in [2.45, 2.75) is 45.4 Å². The molecule has 0 radical (unpaired) electrons. The summed E-state index contributed by atoms with van der Waals surface area (Å²) in [6.07, 6.45) is 4.46. The van der Waals surface area contributed by atoms with Gasteiger partial charge in [0.1, 0.15) is 6.33 Å². The Kier molecular flexibility index (Phi) is 5.03. The fourth-order valence-corrected chi connectivity index (χ4v) is 2.09. The highest BCUT2D eigenvalue weighted by atomic mass is 35.5. The molecule has 1 rings (SSSR count). The van der Waals surface area contributed by atoms with Gasteiger partial charge >= 0.3 is 0 Å². The normalized spacial score (nSPS) is 13.1. The maximum absolute atomic E-state index is 6.25. The van der Waals surface area contributed by atoms with Crippen LogP contribution in [0.2, 0.25) is 0 Å². The summed E-state index contributed by atoms with van der Waals surface area (Å²) >= 11 is 6.25. The highest BCUT2D eigenvalue weighted by molar-refractivity contribution is 6.20. The average molecular weight is 227 g/mol. The molecule has 2 nitrogen and oxygen atoms in total. The molecule has 0 saturated heterocycles. The Morgan fingerprint density at radius 2 is 1.93 bits per heavy atom. The maximum atomic E-state index is 6.25. The molecule has 1 unspecified atom stereocenters. The lowest BCUT2D eigenvalue weighted by molar-refractivity contribution is 0.558. The molecule has 1 aromatic heterocycles. The van der Waals surface area contributed by atoms with E-state index in [9.17, 15) is 0 Å². The molecule has 0 amide bonds. The number of alkyl halides is 1. The molecule has 84 valence electrons. The zero-order chi connectivity index (χ0) is 11.3. The highest BCUT2D eigenvalue weighted by Crippen LogP contribution is 2.15. The molecule has 3 heteroatoms. The summed E-state index contributed by atoms with van der Waals surface area (Å²) in [7, 11) is 0. The molecule has 15 heavy (non-hydrogen) atoms. The van der Waals surface area contributed by atoms with Crippen LogP contribution in [-0.2, 0) is 12.8 Å². The van der Waals surface area contributed by atoms with E-state index in [1.807, 2.05) is 0 Å². The van der Waals surface area contributed by atoms with Crippen molar-refractivity contribution in [3.63, 3.8) is 0 Å². The molecule has 1 atom stereocenters. The van der Waals surface area contributed by atoms with Crippen molar-refractivity contribution in [1.82, 2.24) is 9.97 Å². The summed E-state index contributed by atoms with van der Waals surface area (Å²) in [5.74, 6) is 0.639. The minimum Gasteiger partial charge on any atom is -0.241 e. The Balaban J connectivity index is 2.55. The lowest BCUT2D eigenvalue weighted by Crippen LogP contribution is -2.09. The van der Waals surface area contributed by atoms with Crippen LogP contribution in [0.4, 0.5) is 0 Å². The van der Waals surface area contributed by atoms with Crippen LogP contribution in [0.25, 0.3) is 0 Å². The van der Waals surface area contributed by atoms with Gasteiger partial charge < -0.3 is 0 Å². The smallest absolute Gasteiger partial charge is 0.115 e. The van der Waals surface area contributed by atoms with Crippen molar-refractivity contribution < 1.29 is 0 Å². The number of nitrogens with zero attached hydrogens (tertiary/aromatic N) is 2. The van der Waals surface area contributed by atoms with Gasteiger partial charge in [0, 0.05) is 23.2 Å². The lowest BCUT2D eigenvalue weighted by Gasteiger charge is -2.11. The second-order valence-corrected chi connectivity index (χ2v) is 4.90. The Labute approximate surface area is 97.1 Å². The maximum Gasteiger partial charge on any atom is 0.115 e. The molecule has 0 aliphatic carbocycles. The Hall–Kier alpha value is -0.630. The first kappa shape index (κ1) is 12.4. The number of rotatable bonds is 5. The van der Waals surface area contributed by atoms with Crippen LogP contribution in [0.15, 0.2) is 12.4 Å². The van der Waals surface area contributed by atoms with Crippen molar-refractivity contribution >= 4 is 11.6 Å². The summed E-state index contributed by atoms with van der Waals surface area (Å²) in [5.41, 5.74) is 2.15. The minimum absolute atomic E-state index is 0.185. The van der Waals surface area contributed by atoms with Crippen LogP contribution >= 0.6 is 11.6 Å². The van der Waals surface area contributed by atoms with Crippen LogP contribution < -0.4 is 0 Å².